The molecule has 0 fully saturated rings. The van der Waals surface area contributed by atoms with Gasteiger partial charge in [-0.1, -0.05) is 6.08 Å². The molecule has 5 heteroatoms. The Labute approximate surface area is 73.8 Å². The van der Waals surface area contributed by atoms with Gasteiger partial charge in [0.15, 0.2) is 0 Å². The monoisotopic (exact) mass is 184 g/mol. The summed E-state index contributed by atoms with van der Waals surface area (Å²) in [6.07, 6.45) is 1.99. The molecule has 1 heterocycles. The van der Waals surface area contributed by atoms with Crippen LogP contribution in [0.3, 0.4) is 0 Å². The Bertz CT molecular complexity index is 405. The largest absolute Gasteiger partial charge is 0.426 e. The zero-order valence-corrected chi connectivity index (χ0v) is 7.10. The topological polar surface area (TPSA) is 58.0 Å². The lowest BCUT2D eigenvalue weighted by atomic mass is 10.3. The van der Waals surface area contributed by atoms with Crippen LogP contribution in [-0.2, 0) is 6.42 Å². The van der Waals surface area contributed by atoms with Gasteiger partial charge in [-0.15, -0.1) is 6.58 Å². The molecule has 12 heavy (non-hydrogen) atoms. The van der Waals surface area contributed by atoms with Gasteiger partial charge < -0.3 is 5.21 Å². The molecule has 0 aliphatic rings. The van der Waals surface area contributed by atoms with Crippen molar-refractivity contribution >= 4 is 12.2 Å². The summed E-state index contributed by atoms with van der Waals surface area (Å²) < 4.78 is 0.762. The van der Waals surface area contributed by atoms with E-state index in [0.29, 0.717) is 12.1 Å². The van der Waals surface area contributed by atoms with Crippen LogP contribution in [0.25, 0.3) is 0 Å². The maximum absolute atomic E-state index is 10.9. The minimum atomic E-state index is -0.317. The fourth-order valence-electron chi connectivity index (χ4n) is 0.831. The summed E-state index contributed by atoms with van der Waals surface area (Å²) in [5, 5.41) is 9.25. The quantitative estimate of drug-likeness (QED) is 0.407. The molecule has 1 rings (SSSR count). The van der Waals surface area contributed by atoms with Crippen molar-refractivity contribution in [1.29, 1.82) is 0 Å². The number of nitrogens with zero attached hydrogens (tertiary/aromatic N) is 1. The molecular weight excluding hydrogens is 176 g/mol. The molecule has 0 saturated heterocycles. The molecule has 0 radical (unpaired) electrons. The molecule has 0 aromatic carbocycles. The van der Waals surface area contributed by atoms with Gasteiger partial charge in [0.1, 0.15) is 0 Å². The number of rotatable bonds is 2. The van der Waals surface area contributed by atoms with Gasteiger partial charge in [-0.25, -0.2) is 0 Å². The lowest BCUT2D eigenvalue weighted by Crippen LogP contribution is -2.14. The van der Waals surface area contributed by atoms with Crippen LogP contribution in [0.4, 0.5) is 0 Å². The molecule has 1 aromatic rings. The first kappa shape index (κ1) is 8.73. The molecule has 0 saturated carbocycles. The minimum absolute atomic E-state index is 0.000602. The van der Waals surface area contributed by atoms with Crippen molar-refractivity contribution in [3.05, 3.63) is 39.5 Å². The summed E-state index contributed by atoms with van der Waals surface area (Å²) in [5.74, 6) is 0. The van der Waals surface area contributed by atoms with Crippen molar-refractivity contribution in [3.63, 3.8) is 0 Å². The highest BCUT2D eigenvalue weighted by Crippen LogP contribution is 1.95. The molecule has 2 N–H and O–H groups in total. The molecule has 0 amide bonds. The molecule has 0 aliphatic carbocycles. The Kier molecular flexibility index (Phi) is 2.44. The van der Waals surface area contributed by atoms with E-state index in [4.69, 9.17) is 0 Å². The standard InChI is InChI=1S/C7H8N2O2S/c1-2-3-5-4-6(10)8-7(12)9(5)11/h2,4,11H,1,3H2,(H,8,10,12). The zero-order chi connectivity index (χ0) is 9.14. The predicted octanol–water partition coefficient (Wildman–Crippen LogP) is 0.872. The van der Waals surface area contributed by atoms with Crippen LogP contribution in [0.1, 0.15) is 5.69 Å². The van der Waals surface area contributed by atoms with Crippen LogP contribution in [0, 0.1) is 4.77 Å². The van der Waals surface area contributed by atoms with E-state index >= 15 is 0 Å². The second-order valence-electron chi connectivity index (χ2n) is 2.23. The third-order valence-electron chi connectivity index (χ3n) is 1.35. The zero-order valence-electron chi connectivity index (χ0n) is 6.28. The molecular formula is C7H8N2O2S. The van der Waals surface area contributed by atoms with Crippen LogP contribution in [0.15, 0.2) is 23.5 Å². The van der Waals surface area contributed by atoms with Crippen molar-refractivity contribution in [1.82, 2.24) is 9.71 Å². The number of aromatic amines is 1. The number of nitrogens with one attached hydrogen (secondary N) is 1. The molecule has 0 bridgehead atoms. The second kappa shape index (κ2) is 3.36. The Hall–Kier alpha value is -1.36. The fourth-order valence-corrected chi connectivity index (χ4v) is 1.05. The summed E-state index contributed by atoms with van der Waals surface area (Å²) in [6, 6.07) is 1.28. The van der Waals surface area contributed by atoms with Crippen molar-refractivity contribution in [2.45, 2.75) is 6.42 Å². The van der Waals surface area contributed by atoms with Crippen LogP contribution in [0.5, 0.6) is 0 Å². The van der Waals surface area contributed by atoms with E-state index < -0.39 is 0 Å². The number of allylic oxidation sites excluding steroid dienone is 1. The average molecular weight is 184 g/mol. The first-order chi connectivity index (χ1) is 5.65. The van der Waals surface area contributed by atoms with E-state index in [2.05, 4.69) is 23.8 Å². The fraction of sp³-hybridized carbons (Fsp3) is 0.143. The van der Waals surface area contributed by atoms with Gasteiger partial charge in [0, 0.05) is 12.5 Å². The molecule has 0 unspecified atom stereocenters. The first-order valence-electron chi connectivity index (χ1n) is 3.30. The normalized spacial score (nSPS) is 9.67. The minimum Gasteiger partial charge on any atom is -0.426 e. The van der Waals surface area contributed by atoms with Crippen molar-refractivity contribution in [3.8, 4) is 0 Å². The van der Waals surface area contributed by atoms with E-state index in [1.54, 1.807) is 6.08 Å². The highest BCUT2D eigenvalue weighted by atomic mass is 32.1. The maximum Gasteiger partial charge on any atom is 0.252 e. The molecule has 1 aromatic heterocycles. The third kappa shape index (κ3) is 1.62. The Morgan fingerprint density at radius 3 is 3.08 bits per heavy atom. The van der Waals surface area contributed by atoms with Crippen LogP contribution in [-0.4, -0.2) is 14.9 Å². The van der Waals surface area contributed by atoms with Crippen molar-refractivity contribution < 1.29 is 5.21 Å². The SMILES string of the molecule is C=CCc1cc(=O)[nH]c(=S)n1O. The second-order valence-corrected chi connectivity index (χ2v) is 2.62. The Balaban J connectivity index is 3.37. The van der Waals surface area contributed by atoms with Gasteiger partial charge in [0.05, 0.1) is 5.69 Å². The molecule has 0 aliphatic heterocycles. The highest BCUT2D eigenvalue weighted by Gasteiger charge is 1.98. The number of hydrogen-bond acceptors (Lipinski definition) is 3. The smallest absolute Gasteiger partial charge is 0.252 e. The van der Waals surface area contributed by atoms with Crippen LogP contribution in [0.2, 0.25) is 0 Å². The maximum atomic E-state index is 10.9. The number of aromatic nitrogens is 2. The average Bonchev–Trinajstić information content (AvgIpc) is 2.00. The molecule has 4 nitrogen and oxygen atoms in total. The van der Waals surface area contributed by atoms with E-state index in [-0.39, 0.29) is 10.3 Å². The van der Waals surface area contributed by atoms with Gasteiger partial charge in [0.25, 0.3) is 5.56 Å². The van der Waals surface area contributed by atoms with E-state index in [1.165, 1.54) is 6.07 Å². The van der Waals surface area contributed by atoms with Crippen LogP contribution >= 0.6 is 12.2 Å². The van der Waals surface area contributed by atoms with Crippen LogP contribution < -0.4 is 5.56 Å². The summed E-state index contributed by atoms with van der Waals surface area (Å²) in [7, 11) is 0. The predicted molar refractivity (Wildman–Crippen MR) is 47.0 cm³/mol. The lowest BCUT2D eigenvalue weighted by Gasteiger charge is -2.02. The lowest BCUT2D eigenvalue weighted by molar-refractivity contribution is 0.167. The molecule has 0 atom stereocenters. The van der Waals surface area contributed by atoms with Crippen molar-refractivity contribution in [2.24, 2.45) is 0 Å². The van der Waals surface area contributed by atoms with E-state index in [1.807, 2.05) is 0 Å². The summed E-state index contributed by atoms with van der Waals surface area (Å²) >= 11 is 4.67. The van der Waals surface area contributed by atoms with E-state index in [9.17, 15) is 10.0 Å². The summed E-state index contributed by atoms with van der Waals surface area (Å²) in [6.45, 7) is 3.49. The molecule has 0 spiro atoms. The van der Waals surface area contributed by atoms with Gasteiger partial charge >= 0.3 is 0 Å². The Morgan fingerprint density at radius 1 is 1.83 bits per heavy atom. The number of H-pyrrole nitrogens is 1. The first-order valence-corrected chi connectivity index (χ1v) is 3.71. The van der Waals surface area contributed by atoms with Gasteiger partial charge in [-0.3, -0.25) is 9.78 Å². The third-order valence-corrected chi connectivity index (χ3v) is 1.62. The van der Waals surface area contributed by atoms with Gasteiger partial charge in [-0.2, -0.15) is 4.73 Å². The van der Waals surface area contributed by atoms with Crippen molar-refractivity contribution in [2.75, 3.05) is 0 Å². The number of hydrogen-bond donors (Lipinski definition) is 2. The van der Waals surface area contributed by atoms with E-state index in [0.717, 1.165) is 4.73 Å². The molecule has 64 valence electrons. The summed E-state index contributed by atoms with van der Waals surface area (Å²) in [4.78, 5) is 13.1. The Morgan fingerprint density at radius 2 is 2.50 bits per heavy atom. The van der Waals surface area contributed by atoms with Gasteiger partial charge in [0.2, 0.25) is 4.77 Å². The van der Waals surface area contributed by atoms with Gasteiger partial charge in [-0.05, 0) is 12.2 Å². The summed E-state index contributed by atoms with van der Waals surface area (Å²) in [5.41, 5.74) is 0.112. The highest BCUT2D eigenvalue weighted by molar-refractivity contribution is 7.71.